The third-order valence-corrected chi connectivity index (χ3v) is 4.19. The molecule has 2 N–H and O–H groups in total. The van der Waals surface area contributed by atoms with Crippen molar-refractivity contribution in [1.29, 1.82) is 0 Å². The van der Waals surface area contributed by atoms with Crippen LogP contribution in [0.4, 0.5) is 10.5 Å². The molecule has 0 aliphatic heterocycles. The summed E-state index contributed by atoms with van der Waals surface area (Å²) in [5.74, 6) is -1.21. The smallest absolute Gasteiger partial charge is 0.407 e. The number of carboxylic acid groups (broad SMARTS) is 1. The number of nitro benzene ring substituents is 1. The normalized spacial score (nSPS) is 12.1. The first-order valence-corrected chi connectivity index (χ1v) is 8.17. The average Bonchev–Trinajstić information content (AvgIpc) is 2.65. The standard InChI is InChI=1S/C19H20N2O6/c1-19(2,17(22)23)16(14-10-6-7-11-15(14)21(25)26)20-18(24)27-12-13-8-4-3-5-9-13/h3-11,16H,12H2,1-2H3,(H,20,24)(H,22,23). The Morgan fingerprint density at radius 2 is 1.74 bits per heavy atom. The van der Waals surface area contributed by atoms with E-state index in [9.17, 15) is 24.8 Å². The van der Waals surface area contributed by atoms with E-state index < -0.39 is 28.4 Å². The first kappa shape index (κ1) is 19.9. The van der Waals surface area contributed by atoms with Crippen LogP contribution in [0.3, 0.4) is 0 Å². The fraction of sp³-hybridized carbons (Fsp3) is 0.263. The number of nitro groups is 1. The number of nitrogens with one attached hydrogen (secondary N) is 1. The highest BCUT2D eigenvalue weighted by molar-refractivity contribution is 5.77. The van der Waals surface area contributed by atoms with Crippen LogP contribution in [0.25, 0.3) is 0 Å². The molecule has 2 aromatic carbocycles. The number of carbonyl (C=O) groups excluding carboxylic acids is 1. The molecule has 8 nitrogen and oxygen atoms in total. The maximum Gasteiger partial charge on any atom is 0.407 e. The third kappa shape index (κ3) is 4.81. The maximum absolute atomic E-state index is 12.3. The minimum absolute atomic E-state index is 0.0101. The molecule has 0 aliphatic rings. The second-order valence-corrected chi connectivity index (χ2v) is 6.48. The number of carbonyl (C=O) groups is 2. The summed E-state index contributed by atoms with van der Waals surface area (Å²) in [5.41, 5.74) is -0.947. The lowest BCUT2D eigenvalue weighted by atomic mass is 9.80. The molecule has 27 heavy (non-hydrogen) atoms. The number of hydrogen-bond acceptors (Lipinski definition) is 5. The fourth-order valence-corrected chi connectivity index (χ4v) is 2.55. The van der Waals surface area contributed by atoms with E-state index in [1.807, 2.05) is 6.07 Å². The lowest BCUT2D eigenvalue weighted by Gasteiger charge is -2.30. The highest BCUT2D eigenvalue weighted by Gasteiger charge is 2.42. The van der Waals surface area contributed by atoms with Crippen LogP contribution in [-0.4, -0.2) is 22.1 Å². The van der Waals surface area contributed by atoms with Crippen molar-refractivity contribution < 1.29 is 24.4 Å². The number of nitrogens with zero attached hydrogens (tertiary/aromatic N) is 1. The summed E-state index contributed by atoms with van der Waals surface area (Å²) in [6.45, 7) is 2.76. The van der Waals surface area contributed by atoms with E-state index in [0.717, 1.165) is 5.56 Å². The average molecular weight is 372 g/mol. The van der Waals surface area contributed by atoms with Gasteiger partial charge in [-0.15, -0.1) is 0 Å². The third-order valence-electron chi connectivity index (χ3n) is 4.19. The lowest BCUT2D eigenvalue weighted by molar-refractivity contribution is -0.385. The number of alkyl carbamates (subject to hydrolysis) is 1. The molecule has 0 bridgehead atoms. The number of aliphatic carboxylic acids is 1. The van der Waals surface area contributed by atoms with Crippen molar-refractivity contribution in [3.05, 3.63) is 75.8 Å². The second kappa shape index (κ2) is 8.31. The van der Waals surface area contributed by atoms with E-state index in [1.165, 1.54) is 32.0 Å². The quantitative estimate of drug-likeness (QED) is 0.565. The van der Waals surface area contributed by atoms with Gasteiger partial charge >= 0.3 is 12.1 Å². The zero-order valence-electron chi connectivity index (χ0n) is 14.9. The SMILES string of the molecule is CC(C)(C(=O)O)C(NC(=O)OCc1ccccc1)c1ccccc1[N+](=O)[O-]. The number of para-hydroxylation sites is 1. The molecule has 1 atom stereocenters. The van der Waals surface area contributed by atoms with Crippen molar-refractivity contribution in [2.45, 2.75) is 26.5 Å². The van der Waals surface area contributed by atoms with Gasteiger partial charge < -0.3 is 15.2 Å². The van der Waals surface area contributed by atoms with Gasteiger partial charge in [0.05, 0.1) is 21.9 Å². The number of hydrogen-bond donors (Lipinski definition) is 2. The number of amides is 1. The number of benzene rings is 2. The first-order valence-electron chi connectivity index (χ1n) is 8.17. The lowest BCUT2D eigenvalue weighted by Crippen LogP contribution is -2.42. The van der Waals surface area contributed by atoms with E-state index in [4.69, 9.17) is 4.74 Å². The predicted octanol–water partition coefficient (Wildman–Crippen LogP) is 3.67. The van der Waals surface area contributed by atoms with Crippen LogP contribution in [0.1, 0.15) is 31.0 Å². The molecule has 0 heterocycles. The molecule has 0 saturated heterocycles. The van der Waals surface area contributed by atoms with Gasteiger partial charge in [0.1, 0.15) is 6.61 Å². The monoisotopic (exact) mass is 372 g/mol. The minimum atomic E-state index is -1.52. The Hall–Kier alpha value is -3.42. The zero-order chi connectivity index (χ0) is 20.0. The molecule has 0 saturated carbocycles. The molecule has 2 rings (SSSR count). The van der Waals surface area contributed by atoms with Crippen molar-refractivity contribution >= 4 is 17.7 Å². The van der Waals surface area contributed by atoms with Crippen molar-refractivity contribution in [2.24, 2.45) is 5.41 Å². The topological polar surface area (TPSA) is 119 Å². The Labute approximate surface area is 155 Å². The Bertz CT molecular complexity index is 835. The molecule has 0 aromatic heterocycles. The van der Waals surface area contributed by atoms with Crippen molar-refractivity contribution in [3.8, 4) is 0 Å². The highest BCUT2D eigenvalue weighted by Crippen LogP contribution is 2.38. The highest BCUT2D eigenvalue weighted by atomic mass is 16.6. The van der Waals surface area contributed by atoms with Crippen LogP contribution in [0.15, 0.2) is 54.6 Å². The Morgan fingerprint density at radius 3 is 2.33 bits per heavy atom. The van der Waals surface area contributed by atoms with E-state index in [-0.39, 0.29) is 17.9 Å². The summed E-state index contributed by atoms with van der Waals surface area (Å²) >= 11 is 0. The molecule has 142 valence electrons. The molecule has 0 radical (unpaired) electrons. The molecular weight excluding hydrogens is 352 g/mol. The van der Waals surface area contributed by atoms with Gasteiger partial charge in [0.25, 0.3) is 5.69 Å². The number of carboxylic acids is 1. The molecule has 0 aliphatic carbocycles. The van der Waals surface area contributed by atoms with Crippen LogP contribution >= 0.6 is 0 Å². The van der Waals surface area contributed by atoms with Crippen LogP contribution in [0.5, 0.6) is 0 Å². The van der Waals surface area contributed by atoms with Crippen LogP contribution < -0.4 is 5.32 Å². The predicted molar refractivity (Wildman–Crippen MR) is 97.0 cm³/mol. The largest absolute Gasteiger partial charge is 0.481 e. The molecule has 1 unspecified atom stereocenters. The molecule has 2 aromatic rings. The van der Waals surface area contributed by atoms with Gasteiger partial charge in [0.2, 0.25) is 0 Å². The number of ether oxygens (including phenoxy) is 1. The van der Waals surface area contributed by atoms with E-state index in [1.54, 1.807) is 30.3 Å². The van der Waals surface area contributed by atoms with Gasteiger partial charge in [0, 0.05) is 6.07 Å². The molecule has 8 heteroatoms. The fourth-order valence-electron chi connectivity index (χ4n) is 2.55. The van der Waals surface area contributed by atoms with Crippen LogP contribution in [0.2, 0.25) is 0 Å². The number of rotatable bonds is 7. The summed E-state index contributed by atoms with van der Waals surface area (Å²) in [7, 11) is 0. The van der Waals surface area contributed by atoms with Gasteiger partial charge in [0.15, 0.2) is 0 Å². The van der Waals surface area contributed by atoms with Crippen molar-refractivity contribution in [1.82, 2.24) is 5.32 Å². The van der Waals surface area contributed by atoms with Crippen molar-refractivity contribution in [2.75, 3.05) is 0 Å². The Kier molecular flexibility index (Phi) is 6.12. The second-order valence-electron chi connectivity index (χ2n) is 6.48. The first-order chi connectivity index (χ1) is 12.7. The summed E-state index contributed by atoms with van der Waals surface area (Å²) < 4.78 is 5.14. The van der Waals surface area contributed by atoms with Gasteiger partial charge in [-0.05, 0) is 19.4 Å². The minimum Gasteiger partial charge on any atom is -0.481 e. The molecule has 0 spiro atoms. The van der Waals surface area contributed by atoms with Gasteiger partial charge in [-0.2, -0.15) is 0 Å². The van der Waals surface area contributed by atoms with Crippen LogP contribution in [-0.2, 0) is 16.1 Å². The Balaban J connectivity index is 2.28. The summed E-state index contributed by atoms with van der Waals surface area (Å²) in [5, 5.41) is 23.4. The molecule has 1 amide bonds. The molecular formula is C19H20N2O6. The van der Waals surface area contributed by atoms with Gasteiger partial charge in [-0.25, -0.2) is 4.79 Å². The summed E-state index contributed by atoms with van der Waals surface area (Å²) in [6.07, 6.45) is -0.865. The Morgan fingerprint density at radius 1 is 1.15 bits per heavy atom. The summed E-state index contributed by atoms with van der Waals surface area (Å²) in [6, 6.07) is 13.5. The van der Waals surface area contributed by atoms with Crippen LogP contribution in [0, 0.1) is 15.5 Å². The van der Waals surface area contributed by atoms with E-state index in [0.29, 0.717) is 0 Å². The zero-order valence-corrected chi connectivity index (χ0v) is 14.9. The van der Waals surface area contributed by atoms with Gasteiger partial charge in [-0.1, -0.05) is 48.5 Å². The van der Waals surface area contributed by atoms with E-state index in [2.05, 4.69) is 5.32 Å². The molecule has 0 fully saturated rings. The van der Waals surface area contributed by atoms with E-state index >= 15 is 0 Å². The maximum atomic E-state index is 12.3. The summed E-state index contributed by atoms with van der Waals surface area (Å²) in [4.78, 5) is 34.7. The van der Waals surface area contributed by atoms with Gasteiger partial charge in [-0.3, -0.25) is 14.9 Å². The van der Waals surface area contributed by atoms with Crippen molar-refractivity contribution in [3.63, 3.8) is 0 Å².